The number of benzene rings is 1. The summed E-state index contributed by atoms with van der Waals surface area (Å²) in [5.41, 5.74) is 2.35. The standard InChI is InChI=1S/C25H40N4O3/c1-17(2)27-24(30)22-6-5-7-23(12-22)28-25(31)26-13-20-8-10-21(11-9-20)16-29-14-18(3)32-19(4)15-29/h8-11,17-19,22-23H,5-7,12-16H2,1-4H3,(H,27,30)(H2,26,28,31). The molecule has 3 amide bonds. The quantitative estimate of drug-likeness (QED) is 0.603. The Balaban J connectivity index is 1.40. The zero-order valence-corrected chi connectivity index (χ0v) is 20.0. The van der Waals surface area contributed by atoms with E-state index < -0.39 is 0 Å². The Morgan fingerprint density at radius 2 is 1.72 bits per heavy atom. The van der Waals surface area contributed by atoms with Crippen LogP contribution in [0.4, 0.5) is 4.79 Å². The first-order chi connectivity index (χ1) is 15.3. The van der Waals surface area contributed by atoms with Gasteiger partial charge in [0.1, 0.15) is 0 Å². The third-order valence-electron chi connectivity index (χ3n) is 6.19. The van der Waals surface area contributed by atoms with Crippen molar-refractivity contribution in [2.75, 3.05) is 13.1 Å². The number of ether oxygens (including phenoxy) is 1. The van der Waals surface area contributed by atoms with Crippen molar-refractivity contribution in [1.29, 1.82) is 0 Å². The highest BCUT2D eigenvalue weighted by atomic mass is 16.5. The smallest absolute Gasteiger partial charge is 0.315 e. The molecule has 1 saturated carbocycles. The van der Waals surface area contributed by atoms with Gasteiger partial charge in [0, 0.05) is 44.2 Å². The first-order valence-corrected chi connectivity index (χ1v) is 12.1. The van der Waals surface area contributed by atoms with Crippen molar-refractivity contribution < 1.29 is 14.3 Å². The number of nitrogens with zero attached hydrogens (tertiary/aromatic N) is 1. The highest BCUT2D eigenvalue weighted by molar-refractivity contribution is 5.79. The second-order valence-electron chi connectivity index (χ2n) is 9.82. The van der Waals surface area contributed by atoms with Crippen LogP contribution in [0.25, 0.3) is 0 Å². The molecule has 1 aliphatic carbocycles. The van der Waals surface area contributed by atoms with E-state index in [0.717, 1.165) is 44.5 Å². The van der Waals surface area contributed by atoms with Crippen LogP contribution in [0.3, 0.4) is 0 Å². The molecular formula is C25H40N4O3. The van der Waals surface area contributed by atoms with Crippen molar-refractivity contribution >= 4 is 11.9 Å². The van der Waals surface area contributed by atoms with Gasteiger partial charge in [0.15, 0.2) is 0 Å². The molecule has 7 heteroatoms. The van der Waals surface area contributed by atoms with E-state index in [9.17, 15) is 9.59 Å². The lowest BCUT2D eigenvalue weighted by Gasteiger charge is -2.35. The molecule has 0 bridgehead atoms. The summed E-state index contributed by atoms with van der Waals surface area (Å²) in [4.78, 5) is 27.1. The summed E-state index contributed by atoms with van der Waals surface area (Å²) in [5.74, 6) is 0.0921. The molecule has 4 unspecified atom stereocenters. The normalized spacial score (nSPS) is 26.5. The second kappa shape index (κ2) is 11.7. The number of carbonyl (C=O) groups excluding carboxylic acids is 2. The van der Waals surface area contributed by atoms with Crippen molar-refractivity contribution in [2.24, 2.45) is 5.92 Å². The van der Waals surface area contributed by atoms with E-state index in [1.54, 1.807) is 0 Å². The number of rotatable bonds is 7. The Morgan fingerprint density at radius 1 is 1.06 bits per heavy atom. The van der Waals surface area contributed by atoms with E-state index in [0.29, 0.717) is 13.0 Å². The average molecular weight is 445 g/mol. The molecule has 0 spiro atoms. The van der Waals surface area contributed by atoms with Crippen LogP contribution in [0, 0.1) is 5.92 Å². The summed E-state index contributed by atoms with van der Waals surface area (Å²) >= 11 is 0. The topological polar surface area (TPSA) is 82.7 Å². The Morgan fingerprint density at radius 3 is 2.38 bits per heavy atom. The molecule has 3 rings (SSSR count). The van der Waals surface area contributed by atoms with E-state index in [1.165, 1.54) is 5.56 Å². The van der Waals surface area contributed by atoms with Gasteiger partial charge in [0.05, 0.1) is 12.2 Å². The molecule has 32 heavy (non-hydrogen) atoms. The minimum atomic E-state index is -0.166. The maximum atomic E-state index is 12.4. The van der Waals surface area contributed by atoms with Crippen molar-refractivity contribution in [2.45, 2.75) is 90.8 Å². The number of carbonyl (C=O) groups is 2. The average Bonchev–Trinajstić information content (AvgIpc) is 2.72. The van der Waals surface area contributed by atoms with Crippen LogP contribution in [0.15, 0.2) is 24.3 Å². The predicted molar refractivity (Wildman–Crippen MR) is 126 cm³/mol. The largest absolute Gasteiger partial charge is 0.373 e. The number of morpholine rings is 1. The fourth-order valence-electron chi connectivity index (χ4n) is 4.81. The zero-order chi connectivity index (χ0) is 23.1. The van der Waals surface area contributed by atoms with Gasteiger partial charge in [-0.25, -0.2) is 4.79 Å². The van der Waals surface area contributed by atoms with Crippen molar-refractivity contribution in [3.63, 3.8) is 0 Å². The van der Waals surface area contributed by atoms with E-state index in [1.807, 2.05) is 13.8 Å². The third kappa shape index (κ3) is 7.78. The van der Waals surface area contributed by atoms with Crippen LogP contribution in [-0.2, 0) is 22.6 Å². The van der Waals surface area contributed by atoms with Gasteiger partial charge in [-0.1, -0.05) is 30.7 Å². The van der Waals surface area contributed by atoms with Crippen LogP contribution >= 0.6 is 0 Å². The Bertz CT molecular complexity index is 742. The van der Waals surface area contributed by atoms with E-state index in [4.69, 9.17) is 4.74 Å². The second-order valence-corrected chi connectivity index (χ2v) is 9.82. The summed E-state index contributed by atoms with van der Waals surface area (Å²) in [7, 11) is 0. The van der Waals surface area contributed by atoms with Gasteiger partial charge < -0.3 is 20.7 Å². The number of urea groups is 1. The van der Waals surface area contributed by atoms with Gasteiger partial charge in [0.25, 0.3) is 0 Å². The molecular weight excluding hydrogens is 404 g/mol. The monoisotopic (exact) mass is 444 g/mol. The highest BCUT2D eigenvalue weighted by Gasteiger charge is 2.28. The summed E-state index contributed by atoms with van der Waals surface area (Å²) in [6, 6.07) is 8.46. The molecule has 178 valence electrons. The molecule has 4 atom stereocenters. The number of hydrogen-bond donors (Lipinski definition) is 3. The summed E-state index contributed by atoms with van der Waals surface area (Å²) in [6.07, 6.45) is 4.02. The zero-order valence-electron chi connectivity index (χ0n) is 20.0. The van der Waals surface area contributed by atoms with Crippen LogP contribution in [0.5, 0.6) is 0 Å². The van der Waals surface area contributed by atoms with Gasteiger partial charge in [-0.05, 0) is 58.1 Å². The highest BCUT2D eigenvalue weighted by Crippen LogP contribution is 2.24. The van der Waals surface area contributed by atoms with Crippen LogP contribution in [0.2, 0.25) is 0 Å². The van der Waals surface area contributed by atoms with E-state index in [2.05, 4.69) is 59.0 Å². The first kappa shape index (κ1) is 24.5. The maximum absolute atomic E-state index is 12.4. The SMILES string of the molecule is CC(C)NC(=O)C1CCCC(NC(=O)NCc2ccc(CN3CC(C)OC(C)C3)cc2)C1. The van der Waals surface area contributed by atoms with Gasteiger partial charge in [-0.3, -0.25) is 9.69 Å². The fraction of sp³-hybridized carbons (Fsp3) is 0.680. The van der Waals surface area contributed by atoms with Crippen LogP contribution in [-0.4, -0.2) is 54.2 Å². The molecule has 0 radical (unpaired) electrons. The number of hydrogen-bond acceptors (Lipinski definition) is 4. The lowest BCUT2D eigenvalue weighted by Crippen LogP contribution is -2.46. The predicted octanol–water partition coefficient (Wildman–Crippen LogP) is 3.18. The van der Waals surface area contributed by atoms with Crippen LogP contribution < -0.4 is 16.0 Å². The first-order valence-electron chi connectivity index (χ1n) is 12.1. The minimum Gasteiger partial charge on any atom is -0.373 e. The number of amides is 3. The summed E-state index contributed by atoms with van der Waals surface area (Å²) in [5, 5.41) is 9.00. The molecule has 2 fully saturated rings. The molecule has 3 N–H and O–H groups in total. The molecule has 0 aromatic heterocycles. The fourth-order valence-corrected chi connectivity index (χ4v) is 4.81. The summed E-state index contributed by atoms with van der Waals surface area (Å²) in [6.45, 7) is 11.5. The molecule has 1 saturated heterocycles. The van der Waals surface area contributed by atoms with Gasteiger partial charge in [-0.15, -0.1) is 0 Å². The Labute approximate surface area is 192 Å². The van der Waals surface area contributed by atoms with Gasteiger partial charge in [-0.2, -0.15) is 0 Å². The molecule has 1 aliphatic heterocycles. The third-order valence-corrected chi connectivity index (χ3v) is 6.19. The van der Waals surface area contributed by atoms with E-state index >= 15 is 0 Å². The van der Waals surface area contributed by atoms with Crippen molar-refractivity contribution in [3.05, 3.63) is 35.4 Å². The Hall–Kier alpha value is -2.12. The lowest BCUT2D eigenvalue weighted by atomic mass is 9.85. The molecule has 1 aromatic rings. The Kier molecular flexibility index (Phi) is 8.93. The van der Waals surface area contributed by atoms with E-state index in [-0.39, 0.29) is 42.1 Å². The van der Waals surface area contributed by atoms with Crippen LogP contribution in [0.1, 0.15) is 64.5 Å². The minimum absolute atomic E-state index is 0.0126. The molecule has 7 nitrogen and oxygen atoms in total. The molecule has 2 aliphatic rings. The number of nitrogens with one attached hydrogen (secondary N) is 3. The molecule has 1 heterocycles. The lowest BCUT2D eigenvalue weighted by molar-refractivity contribution is -0.126. The van der Waals surface area contributed by atoms with Crippen molar-refractivity contribution in [3.8, 4) is 0 Å². The van der Waals surface area contributed by atoms with Gasteiger partial charge >= 0.3 is 6.03 Å². The van der Waals surface area contributed by atoms with Gasteiger partial charge in [0.2, 0.25) is 5.91 Å². The summed E-state index contributed by atoms with van der Waals surface area (Å²) < 4.78 is 5.81. The van der Waals surface area contributed by atoms with Crippen molar-refractivity contribution in [1.82, 2.24) is 20.9 Å². The molecule has 1 aromatic carbocycles. The maximum Gasteiger partial charge on any atom is 0.315 e.